The lowest BCUT2D eigenvalue weighted by atomic mass is 10.2. The molecule has 1 aromatic carbocycles. The Labute approximate surface area is 140 Å². The van der Waals surface area contributed by atoms with Crippen molar-refractivity contribution < 1.29 is 19.1 Å². The Balaban J connectivity index is 1.26. The average molecular weight is 331 g/mol. The van der Waals surface area contributed by atoms with E-state index in [1.54, 1.807) is 0 Å². The van der Waals surface area contributed by atoms with Crippen molar-refractivity contribution in [3.05, 3.63) is 23.8 Å². The summed E-state index contributed by atoms with van der Waals surface area (Å²) in [6.07, 6.45) is 1.47. The lowest BCUT2D eigenvalue weighted by Gasteiger charge is -2.17. The van der Waals surface area contributed by atoms with E-state index in [2.05, 4.69) is 17.6 Å². The van der Waals surface area contributed by atoms with Gasteiger partial charge in [0.25, 0.3) is 0 Å². The number of hydrogen-bond acceptors (Lipinski definition) is 4. The number of likely N-dealkylation sites (tertiary alicyclic amines) is 1. The molecule has 3 atom stereocenters. The highest BCUT2D eigenvalue weighted by Gasteiger charge is 2.44. The van der Waals surface area contributed by atoms with Crippen LogP contribution in [0.2, 0.25) is 0 Å². The number of urea groups is 1. The fraction of sp³-hybridized carbons (Fsp3) is 0.529. The molecule has 0 aromatic heterocycles. The van der Waals surface area contributed by atoms with Crippen LogP contribution in [0.1, 0.15) is 25.3 Å². The van der Waals surface area contributed by atoms with E-state index in [0.717, 1.165) is 17.7 Å². The van der Waals surface area contributed by atoms with Crippen LogP contribution < -0.4 is 20.1 Å². The van der Waals surface area contributed by atoms with Crippen LogP contribution in [0.3, 0.4) is 0 Å². The third kappa shape index (κ3) is 2.98. The summed E-state index contributed by atoms with van der Waals surface area (Å²) in [7, 11) is 0. The molecular weight excluding hydrogens is 310 g/mol. The zero-order valence-corrected chi connectivity index (χ0v) is 13.6. The minimum absolute atomic E-state index is 0.109. The van der Waals surface area contributed by atoms with Gasteiger partial charge < -0.3 is 25.0 Å². The summed E-state index contributed by atoms with van der Waals surface area (Å²) in [6, 6.07) is 5.60. The van der Waals surface area contributed by atoms with Gasteiger partial charge in [0.05, 0.1) is 6.04 Å². The first-order chi connectivity index (χ1) is 11.6. The van der Waals surface area contributed by atoms with Crippen molar-refractivity contribution in [1.82, 2.24) is 15.5 Å². The molecule has 2 N–H and O–H groups in total. The molecule has 128 valence electrons. The molecule has 1 aliphatic carbocycles. The largest absolute Gasteiger partial charge is 0.454 e. The Kier molecular flexibility index (Phi) is 3.70. The Morgan fingerprint density at radius 3 is 2.92 bits per heavy atom. The normalized spacial score (nSPS) is 27.3. The fourth-order valence-electron chi connectivity index (χ4n) is 3.36. The van der Waals surface area contributed by atoms with Crippen molar-refractivity contribution in [3.63, 3.8) is 0 Å². The van der Waals surface area contributed by atoms with Gasteiger partial charge in [0, 0.05) is 25.6 Å². The number of amides is 3. The van der Waals surface area contributed by atoms with E-state index >= 15 is 0 Å². The van der Waals surface area contributed by atoms with E-state index in [4.69, 9.17) is 9.47 Å². The first-order valence-electron chi connectivity index (χ1n) is 8.32. The smallest absolute Gasteiger partial charge is 0.315 e. The highest BCUT2D eigenvalue weighted by atomic mass is 16.7. The molecule has 2 heterocycles. The number of nitrogens with zero attached hydrogens (tertiary/aromatic N) is 1. The highest BCUT2D eigenvalue weighted by molar-refractivity contribution is 5.82. The van der Waals surface area contributed by atoms with Gasteiger partial charge in [-0.05, 0) is 30.0 Å². The van der Waals surface area contributed by atoms with E-state index in [9.17, 15) is 9.59 Å². The van der Waals surface area contributed by atoms with E-state index in [0.29, 0.717) is 37.2 Å². The number of nitrogens with one attached hydrogen (secondary N) is 2. The zero-order chi connectivity index (χ0) is 16.7. The van der Waals surface area contributed by atoms with Crippen molar-refractivity contribution in [3.8, 4) is 11.5 Å². The van der Waals surface area contributed by atoms with Crippen molar-refractivity contribution in [2.45, 2.75) is 38.4 Å². The van der Waals surface area contributed by atoms with Gasteiger partial charge in [-0.15, -0.1) is 0 Å². The molecule has 0 unspecified atom stereocenters. The second kappa shape index (κ2) is 5.89. The number of fused-ring (bicyclic) bond motifs is 1. The molecule has 7 nitrogen and oxygen atoms in total. The van der Waals surface area contributed by atoms with E-state index in [-0.39, 0.29) is 24.8 Å². The quantitative estimate of drug-likeness (QED) is 0.869. The van der Waals surface area contributed by atoms with Gasteiger partial charge >= 0.3 is 6.03 Å². The van der Waals surface area contributed by atoms with Gasteiger partial charge in [0.1, 0.15) is 0 Å². The van der Waals surface area contributed by atoms with Crippen LogP contribution >= 0.6 is 0 Å². The first kappa shape index (κ1) is 15.1. The molecule has 2 aliphatic heterocycles. The lowest BCUT2D eigenvalue weighted by molar-refractivity contribution is -0.128. The topological polar surface area (TPSA) is 79.9 Å². The number of hydrogen-bond donors (Lipinski definition) is 2. The maximum atomic E-state index is 12.1. The minimum atomic E-state index is -0.254. The van der Waals surface area contributed by atoms with E-state index < -0.39 is 0 Å². The van der Waals surface area contributed by atoms with Crippen LogP contribution in [-0.2, 0) is 11.3 Å². The lowest BCUT2D eigenvalue weighted by Crippen LogP contribution is -2.43. The molecular formula is C17H21N3O4. The third-order valence-corrected chi connectivity index (χ3v) is 4.85. The summed E-state index contributed by atoms with van der Waals surface area (Å²) in [6.45, 7) is 3.40. The first-order valence-corrected chi connectivity index (χ1v) is 8.32. The number of benzene rings is 1. The van der Waals surface area contributed by atoms with E-state index in [1.165, 1.54) is 0 Å². The summed E-state index contributed by atoms with van der Waals surface area (Å²) in [4.78, 5) is 26.0. The molecule has 1 saturated carbocycles. The van der Waals surface area contributed by atoms with Crippen LogP contribution in [0.5, 0.6) is 11.5 Å². The number of carbonyl (C=O) groups is 2. The molecule has 0 spiro atoms. The molecule has 2 fully saturated rings. The molecule has 4 rings (SSSR count). The summed E-state index contributed by atoms with van der Waals surface area (Å²) in [5.74, 6) is 2.16. The monoisotopic (exact) mass is 331 g/mol. The SMILES string of the molecule is C[C@@H]1C[C@H]1N1C[C@@H](NC(=O)NCc2ccc3c(c2)OCO3)CC1=O. The second-order valence-corrected chi connectivity index (χ2v) is 6.74. The van der Waals surface area contributed by atoms with Crippen LogP contribution in [0.4, 0.5) is 4.79 Å². The Morgan fingerprint density at radius 2 is 2.12 bits per heavy atom. The molecule has 1 aromatic rings. The highest BCUT2D eigenvalue weighted by Crippen LogP contribution is 2.37. The molecule has 0 radical (unpaired) electrons. The van der Waals surface area contributed by atoms with Crippen molar-refractivity contribution >= 4 is 11.9 Å². The van der Waals surface area contributed by atoms with Crippen molar-refractivity contribution in [2.24, 2.45) is 5.92 Å². The maximum absolute atomic E-state index is 12.1. The zero-order valence-electron chi connectivity index (χ0n) is 13.6. The van der Waals surface area contributed by atoms with Gasteiger partial charge in [-0.2, -0.15) is 0 Å². The second-order valence-electron chi connectivity index (χ2n) is 6.74. The average Bonchev–Trinajstić information content (AvgIpc) is 2.96. The van der Waals surface area contributed by atoms with Gasteiger partial charge in [0.2, 0.25) is 12.7 Å². The number of ether oxygens (including phenoxy) is 2. The van der Waals surface area contributed by atoms with Gasteiger partial charge in [-0.3, -0.25) is 4.79 Å². The fourth-order valence-corrected chi connectivity index (χ4v) is 3.36. The molecule has 7 heteroatoms. The predicted molar refractivity (Wildman–Crippen MR) is 85.6 cm³/mol. The van der Waals surface area contributed by atoms with Crippen LogP contribution in [-0.4, -0.2) is 42.3 Å². The Morgan fingerprint density at radius 1 is 1.33 bits per heavy atom. The molecule has 0 bridgehead atoms. The summed E-state index contributed by atoms with van der Waals surface area (Å²) >= 11 is 0. The molecule has 3 amide bonds. The van der Waals surface area contributed by atoms with Crippen molar-refractivity contribution in [1.29, 1.82) is 0 Å². The Hall–Kier alpha value is -2.44. The maximum Gasteiger partial charge on any atom is 0.315 e. The summed E-state index contributed by atoms with van der Waals surface area (Å²) < 4.78 is 10.6. The minimum Gasteiger partial charge on any atom is -0.454 e. The molecule has 24 heavy (non-hydrogen) atoms. The van der Waals surface area contributed by atoms with E-state index in [1.807, 2.05) is 23.1 Å². The standard InChI is InChI=1S/C17H21N3O4/c1-10-4-13(10)20-8-12(6-16(20)21)19-17(22)18-7-11-2-3-14-15(5-11)24-9-23-14/h2-3,5,10,12-13H,4,6-9H2,1H3,(H2,18,19,22)/t10-,12+,13-/m1/s1. The van der Waals surface area contributed by atoms with Gasteiger partial charge in [-0.1, -0.05) is 13.0 Å². The number of carbonyl (C=O) groups excluding carboxylic acids is 2. The summed E-state index contributed by atoms with van der Waals surface area (Å²) in [5.41, 5.74) is 0.935. The van der Waals surface area contributed by atoms with Gasteiger partial charge in [-0.25, -0.2) is 4.79 Å². The van der Waals surface area contributed by atoms with Crippen LogP contribution in [0.15, 0.2) is 18.2 Å². The van der Waals surface area contributed by atoms with Crippen LogP contribution in [0, 0.1) is 5.92 Å². The third-order valence-electron chi connectivity index (χ3n) is 4.85. The molecule has 1 saturated heterocycles. The van der Waals surface area contributed by atoms with Crippen LogP contribution in [0.25, 0.3) is 0 Å². The Bertz CT molecular complexity index is 678. The number of rotatable bonds is 4. The summed E-state index contributed by atoms with van der Waals surface area (Å²) in [5, 5.41) is 5.71. The van der Waals surface area contributed by atoms with Crippen molar-refractivity contribution in [2.75, 3.05) is 13.3 Å². The van der Waals surface area contributed by atoms with Gasteiger partial charge in [0.15, 0.2) is 11.5 Å². The predicted octanol–water partition coefficient (Wildman–Crippen LogP) is 1.22. The molecule has 3 aliphatic rings.